The van der Waals surface area contributed by atoms with Crippen LogP contribution in [0.2, 0.25) is 0 Å². The Morgan fingerprint density at radius 1 is 1.11 bits per heavy atom. The first-order chi connectivity index (χ1) is 9.04. The summed E-state index contributed by atoms with van der Waals surface area (Å²) in [5.41, 5.74) is 0.683. The maximum Gasteiger partial charge on any atom is 0.337 e. The maximum atomic E-state index is 11.8. The van der Waals surface area contributed by atoms with E-state index in [1.807, 2.05) is 0 Å². The van der Waals surface area contributed by atoms with E-state index < -0.39 is 5.97 Å². The van der Waals surface area contributed by atoms with E-state index in [1.165, 1.54) is 20.1 Å². The van der Waals surface area contributed by atoms with Crippen molar-refractivity contribution in [1.29, 1.82) is 0 Å². The quantitative estimate of drug-likeness (QED) is 0.593. The van der Waals surface area contributed by atoms with Crippen LogP contribution in [0.25, 0.3) is 0 Å². The van der Waals surface area contributed by atoms with Crippen molar-refractivity contribution < 1.29 is 19.1 Å². The molecule has 0 aliphatic rings. The van der Waals surface area contributed by atoms with Gasteiger partial charge in [-0.3, -0.25) is 9.59 Å². The normalized spacial score (nSPS) is 9.58. The van der Waals surface area contributed by atoms with E-state index in [1.54, 1.807) is 18.2 Å². The Balaban J connectivity index is 2.57. The average molecular weight is 264 g/mol. The van der Waals surface area contributed by atoms with Crippen LogP contribution in [0, 0.1) is 0 Å². The lowest BCUT2D eigenvalue weighted by Crippen LogP contribution is -2.33. The number of rotatable bonds is 5. The zero-order chi connectivity index (χ0) is 14.3. The fourth-order valence-electron chi connectivity index (χ4n) is 1.42. The standard InChI is InChI=1S/C13H16N2O4/c1-9(16)14-6-7-15-12(17)10-4-3-5-11(8-10)13(18)19-2/h3-5,8H,6-7H2,1-2H3,(H,14,16)(H,15,17). The van der Waals surface area contributed by atoms with E-state index >= 15 is 0 Å². The summed E-state index contributed by atoms with van der Waals surface area (Å²) >= 11 is 0. The summed E-state index contributed by atoms with van der Waals surface area (Å²) in [7, 11) is 1.28. The molecule has 0 atom stereocenters. The molecule has 2 amide bonds. The zero-order valence-electron chi connectivity index (χ0n) is 10.9. The molecule has 1 aromatic carbocycles. The lowest BCUT2D eigenvalue weighted by Gasteiger charge is -2.06. The minimum Gasteiger partial charge on any atom is -0.465 e. The van der Waals surface area contributed by atoms with Crippen molar-refractivity contribution in [2.24, 2.45) is 0 Å². The molecule has 6 nitrogen and oxygen atoms in total. The minimum absolute atomic E-state index is 0.151. The molecule has 1 rings (SSSR count). The van der Waals surface area contributed by atoms with Crippen LogP contribution in [-0.4, -0.2) is 38.0 Å². The van der Waals surface area contributed by atoms with E-state index in [0.717, 1.165) is 0 Å². The first-order valence-electron chi connectivity index (χ1n) is 5.75. The predicted octanol–water partition coefficient (Wildman–Crippen LogP) is 0.339. The van der Waals surface area contributed by atoms with Crippen molar-refractivity contribution in [3.63, 3.8) is 0 Å². The number of carbonyl (C=O) groups excluding carboxylic acids is 3. The Bertz CT molecular complexity index is 485. The SMILES string of the molecule is COC(=O)c1cccc(C(=O)NCCNC(C)=O)c1. The first kappa shape index (κ1) is 14.7. The van der Waals surface area contributed by atoms with E-state index in [0.29, 0.717) is 24.2 Å². The lowest BCUT2D eigenvalue weighted by molar-refractivity contribution is -0.118. The molecule has 1 aromatic rings. The number of ether oxygens (including phenoxy) is 1. The van der Waals surface area contributed by atoms with Crippen molar-refractivity contribution in [3.8, 4) is 0 Å². The molecule has 0 saturated heterocycles. The Kier molecular flexibility index (Phi) is 5.53. The molecule has 0 unspecified atom stereocenters. The van der Waals surface area contributed by atoms with Gasteiger partial charge in [-0.05, 0) is 18.2 Å². The third-order valence-electron chi connectivity index (χ3n) is 2.33. The van der Waals surface area contributed by atoms with Gasteiger partial charge in [-0.15, -0.1) is 0 Å². The van der Waals surface area contributed by atoms with Crippen LogP contribution in [-0.2, 0) is 9.53 Å². The number of hydrogen-bond donors (Lipinski definition) is 2. The van der Waals surface area contributed by atoms with E-state index in [9.17, 15) is 14.4 Å². The highest BCUT2D eigenvalue weighted by Crippen LogP contribution is 2.06. The van der Waals surface area contributed by atoms with E-state index in [-0.39, 0.29) is 11.8 Å². The van der Waals surface area contributed by atoms with Gasteiger partial charge in [0.2, 0.25) is 5.91 Å². The number of methoxy groups -OCH3 is 1. The lowest BCUT2D eigenvalue weighted by atomic mass is 10.1. The monoisotopic (exact) mass is 264 g/mol. The van der Waals surface area contributed by atoms with Crippen LogP contribution in [0.5, 0.6) is 0 Å². The van der Waals surface area contributed by atoms with Gasteiger partial charge in [-0.25, -0.2) is 4.79 Å². The summed E-state index contributed by atoms with van der Waals surface area (Å²) < 4.78 is 4.58. The second-order valence-electron chi connectivity index (χ2n) is 3.81. The summed E-state index contributed by atoms with van der Waals surface area (Å²) in [5.74, 6) is -0.953. The van der Waals surface area contributed by atoms with Gasteiger partial charge in [0.05, 0.1) is 12.7 Å². The Morgan fingerprint density at radius 3 is 2.37 bits per heavy atom. The van der Waals surface area contributed by atoms with Gasteiger partial charge in [0.25, 0.3) is 5.91 Å². The number of carbonyl (C=O) groups is 3. The van der Waals surface area contributed by atoms with E-state index in [2.05, 4.69) is 15.4 Å². The summed E-state index contributed by atoms with van der Waals surface area (Å²) in [4.78, 5) is 33.7. The molecule has 0 fully saturated rings. The van der Waals surface area contributed by atoms with Gasteiger partial charge in [0.1, 0.15) is 0 Å². The second kappa shape index (κ2) is 7.15. The zero-order valence-corrected chi connectivity index (χ0v) is 10.9. The van der Waals surface area contributed by atoms with Gasteiger partial charge in [-0.2, -0.15) is 0 Å². The highest BCUT2D eigenvalue weighted by molar-refractivity contribution is 5.97. The van der Waals surface area contributed by atoms with Crippen molar-refractivity contribution in [3.05, 3.63) is 35.4 Å². The van der Waals surface area contributed by atoms with Crippen LogP contribution in [0.15, 0.2) is 24.3 Å². The van der Waals surface area contributed by atoms with Crippen LogP contribution in [0.1, 0.15) is 27.6 Å². The van der Waals surface area contributed by atoms with Crippen LogP contribution in [0.3, 0.4) is 0 Å². The fraction of sp³-hybridized carbons (Fsp3) is 0.308. The van der Waals surface area contributed by atoms with Gasteiger partial charge < -0.3 is 15.4 Å². The Morgan fingerprint density at radius 2 is 1.74 bits per heavy atom. The highest BCUT2D eigenvalue weighted by atomic mass is 16.5. The van der Waals surface area contributed by atoms with Crippen LogP contribution in [0.4, 0.5) is 0 Å². The molecule has 0 aliphatic carbocycles. The average Bonchev–Trinajstić information content (AvgIpc) is 2.42. The fourth-order valence-corrected chi connectivity index (χ4v) is 1.42. The summed E-state index contributed by atoms with van der Waals surface area (Å²) in [5, 5.41) is 5.20. The molecule has 0 aromatic heterocycles. The number of hydrogen-bond acceptors (Lipinski definition) is 4. The third-order valence-corrected chi connectivity index (χ3v) is 2.33. The van der Waals surface area contributed by atoms with E-state index in [4.69, 9.17) is 0 Å². The molecule has 2 N–H and O–H groups in total. The highest BCUT2D eigenvalue weighted by Gasteiger charge is 2.09. The molecule has 0 aliphatic heterocycles. The number of esters is 1. The maximum absolute atomic E-state index is 11.8. The minimum atomic E-state index is -0.493. The van der Waals surface area contributed by atoms with Crippen LogP contribution >= 0.6 is 0 Å². The molecule has 0 saturated carbocycles. The molecular weight excluding hydrogens is 248 g/mol. The largest absolute Gasteiger partial charge is 0.465 e. The molecule has 0 radical (unpaired) electrons. The summed E-state index contributed by atoms with van der Waals surface area (Å²) in [6, 6.07) is 6.23. The van der Waals surface area contributed by atoms with Gasteiger partial charge in [0.15, 0.2) is 0 Å². The molecule has 102 valence electrons. The van der Waals surface area contributed by atoms with Gasteiger partial charge >= 0.3 is 5.97 Å². The van der Waals surface area contributed by atoms with Gasteiger partial charge in [-0.1, -0.05) is 6.07 Å². The number of benzene rings is 1. The van der Waals surface area contributed by atoms with Crippen LogP contribution < -0.4 is 10.6 Å². The Labute approximate surface area is 111 Å². The van der Waals surface area contributed by atoms with Crippen molar-refractivity contribution >= 4 is 17.8 Å². The van der Waals surface area contributed by atoms with Crippen molar-refractivity contribution in [2.75, 3.05) is 20.2 Å². The Hall–Kier alpha value is -2.37. The molecule has 6 heteroatoms. The second-order valence-corrected chi connectivity index (χ2v) is 3.81. The number of nitrogens with one attached hydrogen (secondary N) is 2. The summed E-state index contributed by atoms with van der Waals surface area (Å²) in [6.45, 7) is 2.08. The molecule has 0 spiro atoms. The predicted molar refractivity (Wildman–Crippen MR) is 68.8 cm³/mol. The smallest absolute Gasteiger partial charge is 0.337 e. The van der Waals surface area contributed by atoms with Crippen molar-refractivity contribution in [2.45, 2.75) is 6.92 Å². The number of amides is 2. The summed E-state index contributed by atoms with van der Waals surface area (Å²) in [6.07, 6.45) is 0. The molecule has 19 heavy (non-hydrogen) atoms. The first-order valence-corrected chi connectivity index (χ1v) is 5.75. The topological polar surface area (TPSA) is 84.5 Å². The molecule has 0 bridgehead atoms. The molecule has 0 heterocycles. The molecular formula is C13H16N2O4. The third kappa shape index (κ3) is 4.79. The van der Waals surface area contributed by atoms with Gasteiger partial charge in [0, 0.05) is 25.6 Å². The van der Waals surface area contributed by atoms with Crippen molar-refractivity contribution in [1.82, 2.24) is 10.6 Å².